The van der Waals surface area contributed by atoms with Gasteiger partial charge in [-0.15, -0.1) is 0 Å². The van der Waals surface area contributed by atoms with Gasteiger partial charge in [0.15, 0.2) is 0 Å². The van der Waals surface area contributed by atoms with Crippen molar-refractivity contribution in [2.45, 2.75) is 109 Å². The lowest BCUT2D eigenvalue weighted by Crippen LogP contribution is -2.47. The van der Waals surface area contributed by atoms with Crippen LogP contribution in [0.4, 0.5) is 0 Å². The van der Waals surface area contributed by atoms with E-state index in [1.165, 1.54) is 38.5 Å². The minimum atomic E-state index is -0.0388. The monoisotopic (exact) mass is 376 g/mol. The maximum atomic E-state index is 12.1. The number of nitrogens with one attached hydrogen (secondary N) is 2. The Morgan fingerprint density at radius 2 is 1.19 bits per heavy atom. The number of amides is 2. The largest absolute Gasteiger partial charge is 0.348 e. The van der Waals surface area contributed by atoms with Crippen molar-refractivity contribution >= 4 is 11.8 Å². The van der Waals surface area contributed by atoms with Crippen LogP contribution in [0.5, 0.6) is 0 Å². The summed E-state index contributed by atoms with van der Waals surface area (Å²) in [5.74, 6) is -0.0776. The van der Waals surface area contributed by atoms with Crippen LogP contribution in [0.3, 0.4) is 0 Å². The van der Waals surface area contributed by atoms with Crippen molar-refractivity contribution < 1.29 is 9.59 Å². The molecule has 2 N–H and O–H groups in total. The molecular formula is C23H40N2O2. The Kier molecular flexibility index (Phi) is 13.4. The van der Waals surface area contributed by atoms with Gasteiger partial charge in [-0.1, -0.05) is 64.5 Å². The lowest BCUT2D eigenvalue weighted by atomic mass is 10.1. The molecule has 0 heterocycles. The molecule has 1 aliphatic rings. The van der Waals surface area contributed by atoms with Gasteiger partial charge in [-0.2, -0.15) is 0 Å². The zero-order valence-electron chi connectivity index (χ0n) is 17.5. The summed E-state index contributed by atoms with van der Waals surface area (Å²) in [6.07, 6.45) is 21.8. The highest BCUT2D eigenvalue weighted by Crippen LogP contribution is 2.19. The maximum absolute atomic E-state index is 12.1. The van der Waals surface area contributed by atoms with Crippen molar-refractivity contribution in [3.63, 3.8) is 0 Å². The molecule has 2 amide bonds. The minimum absolute atomic E-state index is 0.0388. The van der Waals surface area contributed by atoms with Crippen LogP contribution in [0.1, 0.15) is 97.3 Å². The molecule has 0 saturated heterocycles. The molecule has 0 aromatic rings. The first kappa shape index (κ1) is 23.5. The summed E-state index contributed by atoms with van der Waals surface area (Å²) >= 11 is 0. The minimum Gasteiger partial charge on any atom is -0.348 e. The predicted octanol–water partition coefficient (Wildman–Crippen LogP) is 5.19. The quantitative estimate of drug-likeness (QED) is 0.324. The van der Waals surface area contributed by atoms with E-state index >= 15 is 0 Å². The summed E-state index contributed by atoms with van der Waals surface area (Å²) in [4.78, 5) is 24.2. The molecule has 1 saturated carbocycles. The zero-order chi connectivity index (χ0) is 19.7. The van der Waals surface area contributed by atoms with Crippen LogP contribution in [0.15, 0.2) is 24.3 Å². The molecule has 2 atom stereocenters. The number of allylic oxidation sites excluding steroid dienone is 2. The van der Waals surface area contributed by atoms with Gasteiger partial charge in [-0.25, -0.2) is 0 Å². The lowest BCUT2D eigenvalue weighted by Gasteiger charge is -2.21. The number of rotatable bonds is 14. The summed E-state index contributed by atoms with van der Waals surface area (Å²) in [6.45, 7) is 4.40. The van der Waals surface area contributed by atoms with Gasteiger partial charge < -0.3 is 10.6 Å². The van der Waals surface area contributed by atoms with Crippen molar-refractivity contribution in [1.29, 1.82) is 0 Å². The topological polar surface area (TPSA) is 58.2 Å². The first-order valence-electron chi connectivity index (χ1n) is 11.1. The van der Waals surface area contributed by atoms with Gasteiger partial charge in [0.2, 0.25) is 11.8 Å². The first-order valence-corrected chi connectivity index (χ1v) is 11.1. The highest BCUT2D eigenvalue weighted by atomic mass is 16.2. The number of carbonyl (C=O) groups is 2. The average Bonchev–Trinajstić information content (AvgIpc) is 3.07. The second-order valence-electron chi connectivity index (χ2n) is 7.66. The Morgan fingerprint density at radius 1 is 0.741 bits per heavy atom. The van der Waals surface area contributed by atoms with Gasteiger partial charge in [0.25, 0.3) is 0 Å². The Bertz CT molecular complexity index is 429. The van der Waals surface area contributed by atoms with Crippen molar-refractivity contribution in [1.82, 2.24) is 10.6 Å². The van der Waals surface area contributed by atoms with Gasteiger partial charge in [-0.05, 0) is 57.1 Å². The molecule has 27 heavy (non-hydrogen) atoms. The van der Waals surface area contributed by atoms with Crippen molar-refractivity contribution in [2.24, 2.45) is 0 Å². The summed E-state index contributed by atoms with van der Waals surface area (Å²) in [6, 6.07) is 0.0910. The third-order valence-corrected chi connectivity index (χ3v) is 5.16. The Hall–Kier alpha value is -1.58. The molecule has 1 aliphatic carbocycles. The Morgan fingerprint density at radius 3 is 1.59 bits per heavy atom. The van der Waals surface area contributed by atoms with Crippen LogP contribution < -0.4 is 10.6 Å². The molecule has 0 spiro atoms. The Labute approximate surface area is 166 Å². The molecule has 4 heteroatoms. The van der Waals surface area contributed by atoms with Crippen LogP contribution in [0.2, 0.25) is 0 Å². The summed E-state index contributed by atoms with van der Waals surface area (Å²) in [5, 5.41) is 6.12. The average molecular weight is 377 g/mol. The van der Waals surface area contributed by atoms with E-state index < -0.39 is 0 Å². The highest BCUT2D eigenvalue weighted by molar-refractivity contribution is 5.89. The standard InChI is InChI=1S/C23H40N2O2/c1-3-5-7-9-11-13-18-22(26)24-20-16-15-17-21(20)25-23(27)19-14-12-10-8-6-4-2/h13-14,18-21H,3-12,15-17H2,1-2H3,(H,24,26)(H,25,27). The summed E-state index contributed by atoms with van der Waals surface area (Å²) in [7, 11) is 0. The molecule has 1 rings (SSSR count). The smallest absolute Gasteiger partial charge is 0.243 e. The SMILES string of the molecule is CCCCCCC=CC(=O)NC1CCCC1NC(=O)C=CCCCCCC. The molecule has 0 bridgehead atoms. The zero-order valence-corrected chi connectivity index (χ0v) is 17.5. The molecule has 154 valence electrons. The van der Waals surface area contributed by atoms with E-state index in [0.29, 0.717) is 0 Å². The van der Waals surface area contributed by atoms with Crippen molar-refractivity contribution in [3.05, 3.63) is 24.3 Å². The molecule has 2 unspecified atom stereocenters. The predicted molar refractivity (Wildman–Crippen MR) is 114 cm³/mol. The fourth-order valence-electron chi connectivity index (χ4n) is 3.53. The normalized spacial score (nSPS) is 19.8. The van der Waals surface area contributed by atoms with E-state index in [4.69, 9.17) is 0 Å². The third-order valence-electron chi connectivity index (χ3n) is 5.16. The van der Waals surface area contributed by atoms with Crippen LogP contribution in [0, 0.1) is 0 Å². The van der Waals surface area contributed by atoms with Crippen molar-refractivity contribution in [2.75, 3.05) is 0 Å². The van der Waals surface area contributed by atoms with E-state index in [9.17, 15) is 9.59 Å². The van der Waals surface area contributed by atoms with Gasteiger partial charge in [0.05, 0.1) is 0 Å². The summed E-state index contributed by atoms with van der Waals surface area (Å²) < 4.78 is 0. The van der Waals surface area contributed by atoms with E-state index in [-0.39, 0.29) is 23.9 Å². The van der Waals surface area contributed by atoms with Crippen LogP contribution in [-0.4, -0.2) is 23.9 Å². The molecular weight excluding hydrogens is 336 g/mol. The lowest BCUT2D eigenvalue weighted by molar-refractivity contribution is -0.119. The van der Waals surface area contributed by atoms with Gasteiger partial charge in [-0.3, -0.25) is 9.59 Å². The van der Waals surface area contributed by atoms with Crippen molar-refractivity contribution in [3.8, 4) is 0 Å². The molecule has 4 nitrogen and oxygen atoms in total. The number of carbonyl (C=O) groups excluding carboxylic acids is 2. The van der Waals surface area contributed by atoms with E-state index in [1.807, 2.05) is 12.2 Å². The van der Waals surface area contributed by atoms with E-state index in [0.717, 1.165) is 44.9 Å². The van der Waals surface area contributed by atoms with Gasteiger partial charge in [0.1, 0.15) is 0 Å². The fraction of sp³-hybridized carbons (Fsp3) is 0.739. The van der Waals surface area contributed by atoms with Crippen LogP contribution >= 0.6 is 0 Å². The van der Waals surface area contributed by atoms with Gasteiger partial charge >= 0.3 is 0 Å². The molecule has 1 fully saturated rings. The number of hydrogen-bond acceptors (Lipinski definition) is 2. The van der Waals surface area contributed by atoms with E-state index in [1.54, 1.807) is 12.2 Å². The second-order valence-corrected chi connectivity index (χ2v) is 7.66. The molecule has 0 aromatic heterocycles. The number of hydrogen-bond donors (Lipinski definition) is 2. The maximum Gasteiger partial charge on any atom is 0.243 e. The molecule has 0 aromatic carbocycles. The van der Waals surface area contributed by atoms with Crippen LogP contribution in [0.25, 0.3) is 0 Å². The highest BCUT2D eigenvalue weighted by Gasteiger charge is 2.28. The molecule has 0 radical (unpaired) electrons. The van der Waals surface area contributed by atoms with Crippen LogP contribution in [-0.2, 0) is 9.59 Å². The third kappa shape index (κ3) is 11.7. The second kappa shape index (κ2) is 15.5. The summed E-state index contributed by atoms with van der Waals surface area (Å²) in [5.41, 5.74) is 0. The number of unbranched alkanes of at least 4 members (excludes halogenated alkanes) is 8. The fourth-order valence-corrected chi connectivity index (χ4v) is 3.53. The first-order chi connectivity index (χ1) is 13.2. The van der Waals surface area contributed by atoms with E-state index in [2.05, 4.69) is 24.5 Å². The molecule has 0 aliphatic heterocycles. The Balaban J connectivity index is 2.25. The van der Waals surface area contributed by atoms with Gasteiger partial charge in [0, 0.05) is 12.1 Å².